The maximum atomic E-state index is 13.0. The highest BCUT2D eigenvalue weighted by molar-refractivity contribution is 6.30. The number of carbonyl (C=O) groups is 2. The first-order chi connectivity index (χ1) is 12.5. The molecule has 26 heavy (non-hydrogen) atoms. The third kappa shape index (κ3) is 3.53. The van der Waals surface area contributed by atoms with Gasteiger partial charge < -0.3 is 15.4 Å². The van der Waals surface area contributed by atoms with E-state index in [9.17, 15) is 9.59 Å². The summed E-state index contributed by atoms with van der Waals surface area (Å²) >= 11 is 5.95. The number of hydrogen-bond acceptors (Lipinski definition) is 3. The Morgan fingerprint density at radius 1 is 1.15 bits per heavy atom. The maximum Gasteiger partial charge on any atom is 0.246 e. The zero-order valence-electron chi connectivity index (χ0n) is 14.7. The Balaban J connectivity index is 1.86. The van der Waals surface area contributed by atoms with Crippen LogP contribution in [0.1, 0.15) is 30.0 Å². The second kappa shape index (κ2) is 7.38. The monoisotopic (exact) mass is 372 g/mol. The summed E-state index contributed by atoms with van der Waals surface area (Å²) in [5.41, 5.74) is 1.00. The van der Waals surface area contributed by atoms with Gasteiger partial charge in [-0.25, -0.2) is 0 Å². The molecule has 1 aliphatic rings. The quantitative estimate of drug-likeness (QED) is 0.819. The fraction of sp³-hybridized carbons (Fsp3) is 0.300. The maximum absolute atomic E-state index is 13.0. The summed E-state index contributed by atoms with van der Waals surface area (Å²) in [6.45, 7) is 0. The number of benzene rings is 2. The van der Waals surface area contributed by atoms with Gasteiger partial charge in [-0.15, -0.1) is 0 Å². The Kier molecular flexibility index (Phi) is 5.18. The molecule has 1 saturated carbocycles. The third-order valence-corrected chi connectivity index (χ3v) is 5.04. The molecule has 2 amide bonds. The van der Waals surface area contributed by atoms with Gasteiger partial charge in [0.15, 0.2) is 0 Å². The smallest absolute Gasteiger partial charge is 0.246 e. The number of halogens is 1. The minimum Gasteiger partial charge on any atom is -0.497 e. The lowest BCUT2D eigenvalue weighted by atomic mass is 9.94. The van der Waals surface area contributed by atoms with Crippen LogP contribution < -0.4 is 15.4 Å². The molecule has 3 rings (SSSR count). The molecule has 0 spiro atoms. The summed E-state index contributed by atoms with van der Waals surface area (Å²) in [6, 6.07) is 13.7. The molecule has 6 heteroatoms. The number of hydrogen-bond donors (Lipinski definition) is 2. The van der Waals surface area contributed by atoms with E-state index in [0.29, 0.717) is 16.3 Å². The van der Waals surface area contributed by atoms with E-state index in [-0.39, 0.29) is 11.8 Å². The molecule has 0 aromatic heterocycles. The van der Waals surface area contributed by atoms with Crippen LogP contribution in [0.4, 0.5) is 0 Å². The molecule has 0 heterocycles. The molecule has 1 fully saturated rings. The molecule has 1 atom stereocenters. The zero-order chi connectivity index (χ0) is 18.7. The number of likely N-dealkylation sites (N-methyl/N-ethyl adjacent to an activating group) is 1. The predicted molar refractivity (Wildman–Crippen MR) is 100 cm³/mol. The van der Waals surface area contributed by atoms with Crippen LogP contribution in [0.5, 0.6) is 5.75 Å². The van der Waals surface area contributed by atoms with Crippen molar-refractivity contribution in [1.82, 2.24) is 10.6 Å². The van der Waals surface area contributed by atoms with Crippen LogP contribution in [-0.4, -0.2) is 26.0 Å². The van der Waals surface area contributed by atoms with Crippen molar-refractivity contribution in [3.8, 4) is 5.75 Å². The van der Waals surface area contributed by atoms with Crippen molar-refractivity contribution >= 4 is 23.4 Å². The second-order valence-electron chi connectivity index (χ2n) is 6.39. The average Bonchev–Trinajstić information content (AvgIpc) is 3.48. The number of ether oxygens (including phenoxy) is 1. The van der Waals surface area contributed by atoms with Gasteiger partial charge in [0, 0.05) is 12.1 Å². The number of rotatable bonds is 6. The molecule has 1 unspecified atom stereocenters. The van der Waals surface area contributed by atoms with Gasteiger partial charge in [-0.2, -0.15) is 0 Å². The van der Waals surface area contributed by atoms with Gasteiger partial charge in [-0.1, -0.05) is 35.9 Å². The highest BCUT2D eigenvalue weighted by atomic mass is 35.5. The lowest BCUT2D eigenvalue weighted by Gasteiger charge is -2.22. The van der Waals surface area contributed by atoms with E-state index in [0.717, 1.165) is 18.4 Å². The topological polar surface area (TPSA) is 67.4 Å². The van der Waals surface area contributed by atoms with E-state index >= 15 is 0 Å². The lowest BCUT2D eigenvalue weighted by Crippen LogP contribution is -2.43. The summed E-state index contributed by atoms with van der Waals surface area (Å²) in [6.07, 6.45) is 1.50. The van der Waals surface area contributed by atoms with Crippen LogP contribution >= 0.6 is 11.6 Å². The first-order valence-corrected chi connectivity index (χ1v) is 8.80. The summed E-state index contributed by atoms with van der Waals surface area (Å²) in [4.78, 5) is 25.4. The van der Waals surface area contributed by atoms with Gasteiger partial charge >= 0.3 is 0 Å². The summed E-state index contributed by atoms with van der Waals surface area (Å²) < 4.78 is 5.23. The summed E-state index contributed by atoms with van der Waals surface area (Å²) in [7, 11) is 3.11. The summed E-state index contributed by atoms with van der Waals surface area (Å²) in [5, 5.41) is 6.15. The van der Waals surface area contributed by atoms with Crippen LogP contribution in [0.25, 0.3) is 0 Å². The van der Waals surface area contributed by atoms with Crippen molar-refractivity contribution in [2.45, 2.75) is 24.3 Å². The normalized spacial score (nSPS) is 15.7. The minimum atomic E-state index is -0.785. The van der Waals surface area contributed by atoms with Crippen molar-refractivity contribution in [2.24, 2.45) is 0 Å². The molecule has 1 aliphatic carbocycles. The van der Waals surface area contributed by atoms with Crippen molar-refractivity contribution in [3.05, 3.63) is 64.7 Å². The van der Waals surface area contributed by atoms with Gasteiger partial charge in [0.2, 0.25) is 11.8 Å². The standard InChI is InChI=1S/C20H21ClN2O3/c1-22-18(24)17(13-4-3-5-16(12-13)26-2)23-19(25)20(10-11-20)14-6-8-15(21)9-7-14/h3-9,12,17H,10-11H2,1-2H3,(H,22,24)(H,23,25). The molecule has 0 aliphatic heterocycles. The number of carbonyl (C=O) groups excluding carboxylic acids is 2. The Bertz CT molecular complexity index is 816. The molecular formula is C20H21ClN2O3. The highest BCUT2D eigenvalue weighted by Gasteiger charge is 2.52. The molecule has 0 bridgehead atoms. The van der Waals surface area contributed by atoms with Crippen LogP contribution in [0.2, 0.25) is 5.02 Å². The van der Waals surface area contributed by atoms with Crippen LogP contribution in [0.15, 0.2) is 48.5 Å². The molecule has 2 N–H and O–H groups in total. The number of nitrogens with one attached hydrogen (secondary N) is 2. The average molecular weight is 373 g/mol. The van der Waals surface area contributed by atoms with Crippen LogP contribution in [0, 0.1) is 0 Å². The fourth-order valence-electron chi connectivity index (χ4n) is 3.08. The molecule has 0 radical (unpaired) electrons. The van der Waals surface area contributed by atoms with E-state index in [1.165, 1.54) is 0 Å². The number of amides is 2. The van der Waals surface area contributed by atoms with E-state index in [1.54, 1.807) is 50.6 Å². The van der Waals surface area contributed by atoms with Gasteiger partial charge in [0.25, 0.3) is 0 Å². The van der Waals surface area contributed by atoms with Crippen molar-refractivity contribution in [3.63, 3.8) is 0 Å². The Hall–Kier alpha value is -2.53. The van der Waals surface area contributed by atoms with Gasteiger partial charge in [0.05, 0.1) is 12.5 Å². The molecule has 5 nitrogen and oxygen atoms in total. The molecule has 136 valence electrons. The fourth-order valence-corrected chi connectivity index (χ4v) is 3.20. The van der Waals surface area contributed by atoms with E-state index < -0.39 is 11.5 Å². The molecule has 2 aromatic rings. The van der Waals surface area contributed by atoms with Gasteiger partial charge in [0.1, 0.15) is 11.8 Å². The Morgan fingerprint density at radius 3 is 2.42 bits per heavy atom. The molecule has 2 aromatic carbocycles. The van der Waals surface area contributed by atoms with Gasteiger partial charge in [-0.3, -0.25) is 9.59 Å². The lowest BCUT2D eigenvalue weighted by molar-refractivity contribution is -0.130. The Morgan fingerprint density at radius 2 is 1.85 bits per heavy atom. The SMILES string of the molecule is CNC(=O)C(NC(=O)C1(c2ccc(Cl)cc2)CC1)c1cccc(OC)c1. The second-order valence-corrected chi connectivity index (χ2v) is 6.82. The van der Waals surface area contributed by atoms with E-state index in [4.69, 9.17) is 16.3 Å². The van der Waals surface area contributed by atoms with Crippen LogP contribution in [0.3, 0.4) is 0 Å². The third-order valence-electron chi connectivity index (χ3n) is 4.79. The zero-order valence-corrected chi connectivity index (χ0v) is 15.5. The molecule has 0 saturated heterocycles. The number of methoxy groups -OCH3 is 1. The first kappa shape index (κ1) is 18.3. The van der Waals surface area contributed by atoms with Crippen LogP contribution in [-0.2, 0) is 15.0 Å². The largest absolute Gasteiger partial charge is 0.497 e. The van der Waals surface area contributed by atoms with E-state index in [2.05, 4.69) is 10.6 Å². The summed E-state index contributed by atoms with van der Waals surface area (Å²) in [5.74, 6) is 0.194. The van der Waals surface area contributed by atoms with Gasteiger partial charge in [-0.05, 0) is 48.2 Å². The van der Waals surface area contributed by atoms with Crippen molar-refractivity contribution in [1.29, 1.82) is 0 Å². The highest BCUT2D eigenvalue weighted by Crippen LogP contribution is 2.49. The first-order valence-electron chi connectivity index (χ1n) is 8.43. The van der Waals surface area contributed by atoms with Crippen molar-refractivity contribution < 1.29 is 14.3 Å². The van der Waals surface area contributed by atoms with Crippen molar-refractivity contribution in [2.75, 3.05) is 14.2 Å². The minimum absolute atomic E-state index is 0.156. The Labute approximate surface area is 157 Å². The molecular weight excluding hydrogens is 352 g/mol. The van der Waals surface area contributed by atoms with E-state index in [1.807, 2.05) is 12.1 Å². The predicted octanol–water partition coefficient (Wildman–Crippen LogP) is 2.98.